The van der Waals surface area contributed by atoms with Crippen LogP contribution in [0, 0.1) is 29.0 Å². The lowest BCUT2D eigenvalue weighted by Gasteiger charge is -2.22. The summed E-state index contributed by atoms with van der Waals surface area (Å²) in [6, 6.07) is 7.17. The van der Waals surface area contributed by atoms with E-state index in [1.165, 1.54) is 25.6 Å². The molecule has 1 aliphatic carbocycles. The largest absolute Gasteiger partial charge is 0.375 e. The number of carbonyl (C=O) groups excluding carboxylic acids is 2. The van der Waals surface area contributed by atoms with Gasteiger partial charge >= 0.3 is 0 Å². The van der Waals surface area contributed by atoms with Gasteiger partial charge in [-0.2, -0.15) is 10.4 Å². The third kappa shape index (κ3) is 4.58. The molecule has 1 saturated carbocycles. The first-order valence-electron chi connectivity index (χ1n) is 10.5. The number of aromatic nitrogens is 2. The minimum atomic E-state index is -0.566. The predicted octanol–water partition coefficient (Wildman–Crippen LogP) is 2.76. The number of carbonyl (C=O) groups is 2. The molecule has 1 saturated heterocycles. The van der Waals surface area contributed by atoms with Crippen molar-refractivity contribution in [1.82, 2.24) is 15.1 Å². The monoisotopic (exact) mass is 424 g/mol. The van der Waals surface area contributed by atoms with Crippen LogP contribution in [0.15, 0.2) is 30.6 Å². The minimum absolute atomic E-state index is 0.0592. The Morgan fingerprint density at radius 3 is 2.87 bits per heavy atom. The Morgan fingerprint density at radius 1 is 1.39 bits per heavy atom. The quantitative estimate of drug-likeness (QED) is 0.700. The van der Waals surface area contributed by atoms with Crippen molar-refractivity contribution >= 4 is 11.7 Å². The van der Waals surface area contributed by atoms with Crippen LogP contribution in [0.25, 0.3) is 11.1 Å². The molecule has 0 amide bonds. The second kappa shape index (κ2) is 9.08. The summed E-state index contributed by atoms with van der Waals surface area (Å²) in [5.74, 6) is -0.895. The molecule has 2 aliphatic rings. The molecule has 1 aliphatic heterocycles. The Hall–Kier alpha value is -2.89. The van der Waals surface area contributed by atoms with Crippen LogP contribution < -0.4 is 5.32 Å². The van der Waals surface area contributed by atoms with Gasteiger partial charge in [0.2, 0.25) is 0 Å². The number of piperidine rings is 1. The smallest absolute Gasteiger partial charge is 0.272 e. The molecular formula is C23H25FN4O3. The van der Waals surface area contributed by atoms with Gasteiger partial charge < -0.3 is 10.1 Å². The maximum absolute atomic E-state index is 14.8. The average molecular weight is 424 g/mol. The van der Waals surface area contributed by atoms with Crippen LogP contribution in [0.2, 0.25) is 0 Å². The van der Waals surface area contributed by atoms with E-state index in [4.69, 9.17) is 4.74 Å². The number of benzene rings is 1. The van der Waals surface area contributed by atoms with Gasteiger partial charge in [-0.3, -0.25) is 9.59 Å². The summed E-state index contributed by atoms with van der Waals surface area (Å²) in [6.45, 7) is -0.0968. The highest BCUT2D eigenvalue weighted by Crippen LogP contribution is 2.36. The molecule has 8 heteroatoms. The number of nitrogens with one attached hydrogen (secondary N) is 1. The molecule has 2 bridgehead atoms. The number of halogens is 1. The van der Waals surface area contributed by atoms with E-state index in [1.54, 1.807) is 12.1 Å². The molecule has 31 heavy (non-hydrogen) atoms. The van der Waals surface area contributed by atoms with E-state index in [0.29, 0.717) is 28.7 Å². The molecule has 162 valence electrons. The van der Waals surface area contributed by atoms with Gasteiger partial charge in [0.15, 0.2) is 5.78 Å². The lowest BCUT2D eigenvalue weighted by Crippen LogP contribution is -2.42. The first-order chi connectivity index (χ1) is 15.0. The summed E-state index contributed by atoms with van der Waals surface area (Å²) in [6.07, 6.45) is 6.54. The van der Waals surface area contributed by atoms with Crippen LogP contribution in [0.5, 0.6) is 0 Å². The zero-order valence-electron chi connectivity index (χ0n) is 17.4. The lowest BCUT2D eigenvalue weighted by molar-refractivity contribution is -0.122. The van der Waals surface area contributed by atoms with Gasteiger partial charge in [-0.15, -0.1) is 0 Å². The van der Waals surface area contributed by atoms with Crippen LogP contribution >= 0.6 is 0 Å². The highest BCUT2D eigenvalue weighted by molar-refractivity contribution is 5.85. The van der Waals surface area contributed by atoms with Crippen molar-refractivity contribution in [2.24, 2.45) is 11.8 Å². The number of Topliss-reactive ketones (excluding diaryl/α,β-unsaturated/α-hetero) is 1. The second-order valence-electron chi connectivity index (χ2n) is 8.42. The van der Waals surface area contributed by atoms with E-state index in [2.05, 4.69) is 16.5 Å². The summed E-state index contributed by atoms with van der Waals surface area (Å²) < 4.78 is 20.7. The number of nitrogens with zero attached hydrogens (tertiary/aromatic N) is 3. The normalized spacial score (nSPS) is 22.9. The highest BCUT2D eigenvalue weighted by Gasteiger charge is 2.42. The molecular weight excluding hydrogens is 399 g/mol. The topological polar surface area (TPSA) is 97.0 Å². The fraction of sp³-hybridized carbons (Fsp3) is 0.478. The van der Waals surface area contributed by atoms with Gasteiger partial charge in [-0.1, -0.05) is 12.1 Å². The molecule has 0 unspecified atom stereocenters. The summed E-state index contributed by atoms with van der Waals surface area (Å²) in [5.41, 5.74) is 1.57. The van der Waals surface area contributed by atoms with E-state index in [9.17, 15) is 19.2 Å². The summed E-state index contributed by atoms with van der Waals surface area (Å²) in [4.78, 5) is 24.5. The molecule has 2 aromatic rings. The van der Waals surface area contributed by atoms with Crippen molar-refractivity contribution in [1.29, 1.82) is 5.26 Å². The molecule has 0 spiro atoms. The number of ketones is 1. The fourth-order valence-electron chi connectivity index (χ4n) is 4.71. The molecule has 1 aromatic carbocycles. The molecule has 7 nitrogen and oxygen atoms in total. The molecule has 4 atom stereocenters. The van der Waals surface area contributed by atoms with Gasteiger partial charge in [0.25, 0.3) is 5.91 Å². The van der Waals surface area contributed by atoms with E-state index < -0.39 is 11.7 Å². The Bertz CT molecular complexity index is 1030. The number of ether oxygens (including phenoxy) is 1. The maximum Gasteiger partial charge on any atom is 0.272 e. The van der Waals surface area contributed by atoms with Crippen LogP contribution in [-0.2, 0) is 16.0 Å². The van der Waals surface area contributed by atoms with Crippen LogP contribution in [-0.4, -0.2) is 47.3 Å². The third-order valence-electron chi connectivity index (χ3n) is 6.30. The minimum Gasteiger partial charge on any atom is -0.375 e. The van der Waals surface area contributed by atoms with Gasteiger partial charge in [-0.05, 0) is 48.8 Å². The predicted molar refractivity (Wildman–Crippen MR) is 111 cm³/mol. The maximum atomic E-state index is 14.8. The van der Waals surface area contributed by atoms with Crippen molar-refractivity contribution in [2.45, 2.75) is 44.2 Å². The lowest BCUT2D eigenvalue weighted by atomic mass is 9.88. The zero-order valence-corrected chi connectivity index (χ0v) is 17.4. The molecule has 2 heterocycles. The zero-order chi connectivity index (χ0) is 22.0. The average Bonchev–Trinajstić information content (AvgIpc) is 3.51. The second-order valence-corrected chi connectivity index (χ2v) is 8.42. The molecule has 2 fully saturated rings. The Morgan fingerprint density at radius 2 is 2.23 bits per heavy atom. The van der Waals surface area contributed by atoms with Gasteiger partial charge in [0, 0.05) is 31.3 Å². The van der Waals surface area contributed by atoms with Crippen molar-refractivity contribution in [2.75, 3.05) is 13.7 Å². The van der Waals surface area contributed by atoms with Gasteiger partial charge in [-0.25, -0.2) is 9.07 Å². The van der Waals surface area contributed by atoms with Crippen LogP contribution in [0.1, 0.15) is 36.0 Å². The van der Waals surface area contributed by atoms with Crippen molar-refractivity contribution in [3.63, 3.8) is 0 Å². The van der Waals surface area contributed by atoms with Gasteiger partial charge in [0.05, 0.1) is 24.2 Å². The summed E-state index contributed by atoms with van der Waals surface area (Å²) in [5, 5.41) is 16.9. The van der Waals surface area contributed by atoms with E-state index in [-0.39, 0.29) is 37.2 Å². The number of fused-ring (bicyclic) bond motifs is 2. The highest BCUT2D eigenvalue weighted by atomic mass is 19.1. The Labute approximate surface area is 180 Å². The molecule has 1 N–H and O–H groups in total. The van der Waals surface area contributed by atoms with Crippen LogP contribution in [0.3, 0.4) is 0 Å². The van der Waals surface area contributed by atoms with E-state index in [0.717, 1.165) is 23.9 Å². The molecule has 0 radical (unpaired) electrons. The van der Waals surface area contributed by atoms with Crippen molar-refractivity contribution in [3.05, 3.63) is 42.0 Å². The molecule has 4 rings (SSSR count). The Kier molecular flexibility index (Phi) is 6.25. The number of methoxy groups -OCH3 is 1. The van der Waals surface area contributed by atoms with Gasteiger partial charge in [0.1, 0.15) is 12.4 Å². The number of hydrogen-bond donors (Lipinski definition) is 1. The first-order valence-corrected chi connectivity index (χ1v) is 10.5. The third-order valence-corrected chi connectivity index (χ3v) is 6.30. The van der Waals surface area contributed by atoms with Crippen LogP contribution in [0.4, 0.5) is 4.39 Å². The van der Waals surface area contributed by atoms with E-state index in [1.807, 2.05) is 0 Å². The first kappa shape index (κ1) is 21.3. The number of nitriles is 1. The van der Waals surface area contributed by atoms with Crippen molar-refractivity contribution in [3.8, 4) is 17.2 Å². The number of hydrogen-bond acceptors (Lipinski definition) is 6. The molecule has 1 aromatic heterocycles. The van der Waals surface area contributed by atoms with E-state index >= 15 is 0 Å². The standard InChI is InChI=1S/C23H25FN4O3/c1-31-13-22(30)28-12-18(11-26-28)15-2-3-16(20(24)9-15)6-14(10-25)7-21(29)23-17-4-5-19(8-17)27-23/h2-3,9,11-12,14,17,19,23,27H,4-8,13H2,1H3/t14-,17+,19-,23+/m1/s1. The van der Waals surface area contributed by atoms with Crippen molar-refractivity contribution < 1.29 is 18.7 Å². The fourth-order valence-corrected chi connectivity index (χ4v) is 4.71. The summed E-state index contributed by atoms with van der Waals surface area (Å²) in [7, 11) is 1.42. The Balaban J connectivity index is 1.41. The summed E-state index contributed by atoms with van der Waals surface area (Å²) >= 11 is 0. The number of rotatable bonds is 8. The SMILES string of the molecule is COCC(=O)n1cc(-c2ccc(C[C@@H](C#N)CC(=O)[C@H]3N[C@@H]4CC[C@H]3C4)c(F)c2)cn1.